The van der Waals surface area contributed by atoms with Gasteiger partial charge in [-0.3, -0.25) is 4.90 Å². The normalized spacial score (nSPS) is 26.9. The third-order valence-corrected chi connectivity index (χ3v) is 3.30. The first-order valence-electron chi connectivity index (χ1n) is 6.08. The first kappa shape index (κ1) is 11.5. The van der Waals surface area contributed by atoms with E-state index in [9.17, 15) is 4.79 Å². The maximum Gasteiger partial charge on any atom is 0.317 e. The van der Waals surface area contributed by atoms with Crippen molar-refractivity contribution < 1.29 is 4.79 Å². The first-order valence-corrected chi connectivity index (χ1v) is 6.08. The van der Waals surface area contributed by atoms with E-state index in [-0.39, 0.29) is 6.03 Å². The average Bonchev–Trinajstić information content (AvgIpc) is 2.64. The van der Waals surface area contributed by atoms with Crippen molar-refractivity contribution in [2.45, 2.75) is 25.8 Å². The lowest BCUT2D eigenvalue weighted by atomic mass is 10.0. The molecule has 1 atom stereocenters. The molecule has 0 aliphatic carbocycles. The van der Waals surface area contributed by atoms with Crippen LogP contribution in [-0.4, -0.2) is 54.6 Å². The summed E-state index contributed by atoms with van der Waals surface area (Å²) < 4.78 is 0. The molecule has 0 aromatic carbocycles. The average molecular weight is 223 g/mol. The molecular formula is C12H21N3O. The maximum atomic E-state index is 11.6. The Morgan fingerprint density at radius 1 is 1.56 bits per heavy atom. The molecule has 2 heterocycles. The van der Waals surface area contributed by atoms with Crippen LogP contribution in [-0.2, 0) is 0 Å². The van der Waals surface area contributed by atoms with E-state index in [1.807, 2.05) is 4.90 Å². The summed E-state index contributed by atoms with van der Waals surface area (Å²) in [5.74, 6) is 0. The fourth-order valence-electron chi connectivity index (χ4n) is 2.65. The molecule has 0 spiro atoms. The molecule has 0 saturated carbocycles. The number of rotatable bonds is 3. The highest BCUT2D eigenvalue weighted by atomic mass is 16.2. The summed E-state index contributed by atoms with van der Waals surface area (Å²) in [5, 5.41) is 2.87. The Balaban J connectivity index is 1.90. The number of urea groups is 1. The van der Waals surface area contributed by atoms with E-state index < -0.39 is 0 Å². The number of likely N-dealkylation sites (tertiary alicyclic amines) is 1. The van der Waals surface area contributed by atoms with Crippen LogP contribution in [0.15, 0.2) is 12.2 Å². The number of carbonyl (C=O) groups is 1. The molecule has 2 aliphatic heterocycles. The van der Waals surface area contributed by atoms with E-state index in [0.29, 0.717) is 6.04 Å². The number of nitrogens with zero attached hydrogens (tertiary/aromatic N) is 2. The molecule has 0 bridgehead atoms. The second kappa shape index (κ2) is 4.87. The van der Waals surface area contributed by atoms with Gasteiger partial charge in [0.05, 0.1) is 0 Å². The zero-order valence-corrected chi connectivity index (χ0v) is 10.0. The second-order valence-corrected chi connectivity index (χ2v) is 4.91. The standard InChI is InChI=1S/C12H21N3O/c1-10(2)8-14-6-3-4-11(9-14)15-7-5-13-12(15)16/h11H,1,3-9H2,2H3,(H,13,16). The van der Waals surface area contributed by atoms with Crippen molar-refractivity contribution in [3.63, 3.8) is 0 Å². The van der Waals surface area contributed by atoms with E-state index >= 15 is 0 Å². The van der Waals surface area contributed by atoms with Crippen LogP contribution in [0.1, 0.15) is 19.8 Å². The van der Waals surface area contributed by atoms with Gasteiger partial charge in [0.25, 0.3) is 0 Å². The van der Waals surface area contributed by atoms with Gasteiger partial charge >= 0.3 is 6.03 Å². The van der Waals surface area contributed by atoms with E-state index in [4.69, 9.17) is 0 Å². The van der Waals surface area contributed by atoms with E-state index in [1.165, 1.54) is 12.0 Å². The van der Waals surface area contributed by atoms with Crippen LogP contribution < -0.4 is 5.32 Å². The number of piperidine rings is 1. The minimum absolute atomic E-state index is 0.113. The minimum atomic E-state index is 0.113. The highest BCUT2D eigenvalue weighted by Gasteiger charge is 2.30. The Labute approximate surface area is 97.3 Å². The molecule has 2 fully saturated rings. The number of nitrogens with one attached hydrogen (secondary N) is 1. The zero-order valence-electron chi connectivity index (χ0n) is 10.0. The predicted octanol–water partition coefficient (Wildman–Crippen LogP) is 1.05. The quantitative estimate of drug-likeness (QED) is 0.726. The molecule has 1 unspecified atom stereocenters. The molecule has 0 radical (unpaired) electrons. The molecule has 0 aromatic rings. The van der Waals surface area contributed by atoms with Crippen LogP contribution in [0, 0.1) is 0 Å². The second-order valence-electron chi connectivity index (χ2n) is 4.91. The van der Waals surface area contributed by atoms with Gasteiger partial charge in [0, 0.05) is 32.2 Å². The topological polar surface area (TPSA) is 35.6 Å². The first-order chi connectivity index (χ1) is 7.66. The molecule has 90 valence electrons. The lowest BCUT2D eigenvalue weighted by molar-refractivity contribution is 0.132. The Hall–Kier alpha value is -1.03. The molecule has 2 aliphatic rings. The highest BCUT2D eigenvalue weighted by Crippen LogP contribution is 2.18. The molecule has 1 N–H and O–H groups in total. The van der Waals surface area contributed by atoms with Crippen molar-refractivity contribution in [3.05, 3.63) is 12.2 Å². The summed E-state index contributed by atoms with van der Waals surface area (Å²) in [7, 11) is 0. The largest absolute Gasteiger partial charge is 0.336 e. The number of amides is 2. The van der Waals surface area contributed by atoms with E-state index in [1.54, 1.807) is 0 Å². The summed E-state index contributed by atoms with van der Waals surface area (Å²) in [6.45, 7) is 10.8. The van der Waals surface area contributed by atoms with Gasteiger partial charge in [-0.15, -0.1) is 0 Å². The van der Waals surface area contributed by atoms with Gasteiger partial charge in [-0.1, -0.05) is 12.2 Å². The molecule has 0 aromatic heterocycles. The monoisotopic (exact) mass is 223 g/mol. The smallest absolute Gasteiger partial charge is 0.317 e. The Morgan fingerprint density at radius 3 is 3.00 bits per heavy atom. The molecule has 2 amide bonds. The van der Waals surface area contributed by atoms with Gasteiger partial charge in [0.2, 0.25) is 0 Å². The van der Waals surface area contributed by atoms with Crippen molar-refractivity contribution in [3.8, 4) is 0 Å². The van der Waals surface area contributed by atoms with E-state index in [0.717, 1.165) is 39.1 Å². The van der Waals surface area contributed by atoms with Gasteiger partial charge in [-0.05, 0) is 26.3 Å². The fraction of sp³-hybridized carbons (Fsp3) is 0.750. The summed E-state index contributed by atoms with van der Waals surface area (Å²) in [6.07, 6.45) is 2.32. The van der Waals surface area contributed by atoms with Gasteiger partial charge in [-0.2, -0.15) is 0 Å². The van der Waals surface area contributed by atoms with Crippen molar-refractivity contribution in [1.29, 1.82) is 0 Å². The van der Waals surface area contributed by atoms with Crippen molar-refractivity contribution in [2.24, 2.45) is 0 Å². The number of hydrogen-bond donors (Lipinski definition) is 1. The highest BCUT2D eigenvalue weighted by molar-refractivity contribution is 5.76. The number of hydrogen-bond acceptors (Lipinski definition) is 2. The molecular weight excluding hydrogens is 202 g/mol. The predicted molar refractivity (Wildman–Crippen MR) is 64.4 cm³/mol. The maximum absolute atomic E-state index is 11.6. The summed E-state index contributed by atoms with van der Waals surface area (Å²) in [5.41, 5.74) is 1.20. The van der Waals surface area contributed by atoms with E-state index in [2.05, 4.69) is 23.7 Å². The summed E-state index contributed by atoms with van der Waals surface area (Å²) in [6, 6.07) is 0.512. The van der Waals surface area contributed by atoms with Crippen LogP contribution in [0.4, 0.5) is 4.79 Å². The fourth-order valence-corrected chi connectivity index (χ4v) is 2.65. The van der Waals surface area contributed by atoms with Crippen LogP contribution in [0.5, 0.6) is 0 Å². The third kappa shape index (κ3) is 2.55. The van der Waals surface area contributed by atoms with Crippen LogP contribution in [0.3, 0.4) is 0 Å². The summed E-state index contributed by atoms with van der Waals surface area (Å²) >= 11 is 0. The third-order valence-electron chi connectivity index (χ3n) is 3.30. The molecule has 4 nitrogen and oxygen atoms in total. The SMILES string of the molecule is C=C(C)CN1CCCC(N2CCNC2=O)C1. The molecule has 2 rings (SSSR count). The molecule has 4 heteroatoms. The lowest BCUT2D eigenvalue weighted by Crippen LogP contribution is -2.49. The van der Waals surface area contributed by atoms with Crippen molar-refractivity contribution in [2.75, 3.05) is 32.7 Å². The Bertz CT molecular complexity index is 290. The Kier molecular flexibility index (Phi) is 3.49. The molecule has 16 heavy (non-hydrogen) atoms. The van der Waals surface area contributed by atoms with Crippen molar-refractivity contribution >= 4 is 6.03 Å². The van der Waals surface area contributed by atoms with Crippen LogP contribution in [0.2, 0.25) is 0 Å². The minimum Gasteiger partial charge on any atom is -0.336 e. The van der Waals surface area contributed by atoms with Gasteiger partial charge < -0.3 is 10.2 Å². The van der Waals surface area contributed by atoms with Crippen molar-refractivity contribution in [1.82, 2.24) is 15.1 Å². The Morgan fingerprint density at radius 2 is 2.38 bits per heavy atom. The lowest BCUT2D eigenvalue weighted by Gasteiger charge is -2.37. The van der Waals surface area contributed by atoms with Gasteiger partial charge in [-0.25, -0.2) is 4.79 Å². The van der Waals surface area contributed by atoms with Gasteiger partial charge in [0.1, 0.15) is 0 Å². The van der Waals surface area contributed by atoms with Gasteiger partial charge in [0.15, 0.2) is 0 Å². The zero-order chi connectivity index (χ0) is 11.5. The van der Waals surface area contributed by atoms with Crippen LogP contribution in [0.25, 0.3) is 0 Å². The summed E-state index contributed by atoms with van der Waals surface area (Å²) in [4.78, 5) is 16.0. The molecule has 2 saturated heterocycles. The van der Waals surface area contributed by atoms with Crippen LogP contribution >= 0.6 is 0 Å². The number of carbonyl (C=O) groups excluding carboxylic acids is 1.